The van der Waals surface area contributed by atoms with Crippen LogP contribution >= 0.6 is 11.6 Å². The Morgan fingerprint density at radius 3 is 2.41 bits per heavy atom. The van der Waals surface area contributed by atoms with Crippen molar-refractivity contribution in [2.45, 2.75) is 13.8 Å². The van der Waals surface area contributed by atoms with E-state index in [2.05, 4.69) is 15.3 Å². The fraction of sp³-hybridized carbons (Fsp3) is 0.200. The van der Waals surface area contributed by atoms with Crippen LogP contribution in [0.1, 0.15) is 11.4 Å². The molecule has 0 spiro atoms. The molecule has 0 bridgehead atoms. The molecule has 0 radical (unpaired) electrons. The van der Waals surface area contributed by atoms with E-state index >= 15 is 0 Å². The topological polar surface area (TPSA) is 81.9 Å². The monoisotopic (exact) mass is 315 g/mol. The molecule has 2 aromatic rings. The van der Waals surface area contributed by atoms with Gasteiger partial charge in [0.05, 0.1) is 0 Å². The maximum Gasteiger partial charge on any atom is 0.245 e. The zero-order valence-electron chi connectivity index (χ0n) is 12.2. The van der Waals surface area contributed by atoms with Gasteiger partial charge in [-0.2, -0.15) is 5.26 Å². The number of nitrogens with one attached hydrogen (secondary N) is 1. The highest BCUT2D eigenvalue weighted by Crippen LogP contribution is 2.14. The van der Waals surface area contributed by atoms with Crippen LogP contribution in [0.25, 0.3) is 0 Å². The lowest BCUT2D eigenvalue weighted by atomic mass is 10.3. The first-order valence-corrected chi connectivity index (χ1v) is 6.90. The molecule has 112 valence electrons. The molecule has 1 amide bonds. The Balaban J connectivity index is 2.08. The number of halogens is 1. The number of benzene rings is 1. The summed E-state index contributed by atoms with van der Waals surface area (Å²) in [5, 5.41) is 12.5. The number of aromatic nitrogens is 2. The van der Waals surface area contributed by atoms with Crippen LogP contribution in [0.3, 0.4) is 0 Å². The molecule has 1 aromatic carbocycles. The molecule has 0 aliphatic rings. The van der Waals surface area contributed by atoms with Crippen molar-refractivity contribution < 1.29 is 4.79 Å². The molecule has 6 nitrogen and oxygen atoms in total. The van der Waals surface area contributed by atoms with Crippen molar-refractivity contribution in [1.29, 1.82) is 5.26 Å². The van der Waals surface area contributed by atoms with Crippen molar-refractivity contribution in [3.05, 3.63) is 46.7 Å². The molecule has 1 N–H and O–H groups in total. The number of carbonyl (C=O) groups excluding carboxylic acids is 1. The van der Waals surface area contributed by atoms with Crippen LogP contribution in [0.2, 0.25) is 5.02 Å². The summed E-state index contributed by atoms with van der Waals surface area (Å²) in [5.41, 5.74) is 2.08. The summed E-state index contributed by atoms with van der Waals surface area (Å²) in [4.78, 5) is 21.5. The predicted octanol–water partition coefficient (Wildman–Crippen LogP) is 2.67. The van der Waals surface area contributed by atoms with Crippen molar-refractivity contribution in [3.63, 3.8) is 0 Å². The van der Waals surface area contributed by atoms with E-state index in [1.807, 2.05) is 20.0 Å². The lowest BCUT2D eigenvalue weighted by molar-refractivity contribution is -0.114. The van der Waals surface area contributed by atoms with Gasteiger partial charge in [-0.15, -0.1) is 0 Å². The van der Waals surface area contributed by atoms with E-state index in [1.165, 1.54) is 0 Å². The van der Waals surface area contributed by atoms with Crippen molar-refractivity contribution in [3.8, 4) is 6.19 Å². The molecule has 0 saturated carbocycles. The molecule has 7 heteroatoms. The zero-order chi connectivity index (χ0) is 16.1. The summed E-state index contributed by atoms with van der Waals surface area (Å²) in [6, 6.07) is 8.51. The molecule has 0 atom stereocenters. The normalized spacial score (nSPS) is 9.91. The van der Waals surface area contributed by atoms with E-state index in [0.717, 1.165) is 16.3 Å². The smallest absolute Gasteiger partial charge is 0.245 e. The van der Waals surface area contributed by atoms with E-state index in [1.54, 1.807) is 30.3 Å². The van der Waals surface area contributed by atoms with E-state index < -0.39 is 0 Å². The standard InChI is InChI=1S/C15H14ClN5O/c1-10-7-11(2)19-15(18-10)21(9-17)8-14(22)20-13-5-3-12(16)4-6-13/h3-7H,8H2,1-2H3,(H,20,22). The van der Waals surface area contributed by atoms with Crippen molar-refractivity contribution in [2.75, 3.05) is 16.8 Å². The van der Waals surface area contributed by atoms with Crippen LogP contribution in [-0.4, -0.2) is 22.4 Å². The molecular weight excluding hydrogens is 302 g/mol. The fourth-order valence-electron chi connectivity index (χ4n) is 1.86. The molecule has 1 heterocycles. The summed E-state index contributed by atoms with van der Waals surface area (Å²) in [5.74, 6) is -0.127. The van der Waals surface area contributed by atoms with E-state index in [-0.39, 0.29) is 18.4 Å². The Bertz CT molecular complexity index is 703. The molecule has 22 heavy (non-hydrogen) atoms. The highest BCUT2D eigenvalue weighted by atomic mass is 35.5. The fourth-order valence-corrected chi connectivity index (χ4v) is 1.98. The molecule has 0 saturated heterocycles. The van der Waals surface area contributed by atoms with Crippen LogP contribution in [-0.2, 0) is 4.79 Å². The van der Waals surface area contributed by atoms with Crippen molar-refractivity contribution >= 4 is 29.1 Å². The number of nitrogens with zero attached hydrogens (tertiary/aromatic N) is 4. The third-order valence-corrected chi connectivity index (χ3v) is 3.01. The Kier molecular flexibility index (Phi) is 4.92. The zero-order valence-corrected chi connectivity index (χ0v) is 12.9. The number of carbonyl (C=O) groups is 1. The molecule has 0 aliphatic carbocycles. The van der Waals surface area contributed by atoms with Crippen LogP contribution in [0.15, 0.2) is 30.3 Å². The molecule has 0 aliphatic heterocycles. The Morgan fingerprint density at radius 2 is 1.86 bits per heavy atom. The van der Waals surface area contributed by atoms with Crippen LogP contribution in [0.5, 0.6) is 0 Å². The third kappa shape index (κ3) is 4.17. The van der Waals surface area contributed by atoms with E-state index in [4.69, 9.17) is 11.6 Å². The minimum absolute atomic E-state index is 0.165. The van der Waals surface area contributed by atoms with Gasteiger partial charge in [0.2, 0.25) is 11.9 Å². The van der Waals surface area contributed by atoms with Gasteiger partial charge in [-0.05, 0) is 44.2 Å². The summed E-state index contributed by atoms with van der Waals surface area (Å²) in [6.45, 7) is 3.45. The van der Waals surface area contributed by atoms with Gasteiger partial charge in [0.15, 0.2) is 6.19 Å². The average molecular weight is 316 g/mol. The first-order chi connectivity index (χ1) is 10.5. The molecule has 0 unspecified atom stereocenters. The quantitative estimate of drug-likeness (QED) is 0.693. The highest BCUT2D eigenvalue weighted by molar-refractivity contribution is 6.30. The van der Waals surface area contributed by atoms with Gasteiger partial charge in [0.1, 0.15) is 6.54 Å². The van der Waals surface area contributed by atoms with Gasteiger partial charge in [-0.3, -0.25) is 4.79 Å². The lowest BCUT2D eigenvalue weighted by Gasteiger charge is -2.14. The number of hydrogen-bond acceptors (Lipinski definition) is 5. The number of rotatable bonds is 4. The second-order valence-corrected chi connectivity index (χ2v) is 5.13. The Hall–Kier alpha value is -2.65. The summed E-state index contributed by atoms with van der Waals surface area (Å²) in [6.07, 6.45) is 1.92. The number of anilines is 2. The van der Waals surface area contributed by atoms with Crippen LogP contribution in [0, 0.1) is 25.3 Å². The van der Waals surface area contributed by atoms with Crippen LogP contribution < -0.4 is 10.2 Å². The van der Waals surface area contributed by atoms with Gasteiger partial charge >= 0.3 is 0 Å². The Labute approximate surface area is 133 Å². The lowest BCUT2D eigenvalue weighted by Crippen LogP contribution is -2.31. The number of aryl methyl sites for hydroxylation is 2. The predicted molar refractivity (Wildman–Crippen MR) is 84.5 cm³/mol. The maximum atomic E-state index is 12.0. The third-order valence-electron chi connectivity index (χ3n) is 2.76. The van der Waals surface area contributed by atoms with Gasteiger partial charge < -0.3 is 5.32 Å². The second-order valence-electron chi connectivity index (χ2n) is 4.69. The van der Waals surface area contributed by atoms with Crippen molar-refractivity contribution in [2.24, 2.45) is 0 Å². The maximum absolute atomic E-state index is 12.0. The number of amides is 1. The summed E-state index contributed by atoms with van der Waals surface area (Å²) >= 11 is 5.78. The first-order valence-electron chi connectivity index (χ1n) is 6.53. The highest BCUT2D eigenvalue weighted by Gasteiger charge is 2.14. The van der Waals surface area contributed by atoms with Gasteiger partial charge in [-0.25, -0.2) is 14.9 Å². The van der Waals surface area contributed by atoms with Crippen LogP contribution in [0.4, 0.5) is 11.6 Å². The van der Waals surface area contributed by atoms with E-state index in [9.17, 15) is 10.1 Å². The Morgan fingerprint density at radius 1 is 1.27 bits per heavy atom. The minimum Gasteiger partial charge on any atom is -0.325 e. The second kappa shape index (κ2) is 6.87. The van der Waals surface area contributed by atoms with Gasteiger partial charge in [-0.1, -0.05) is 11.6 Å². The number of nitriles is 1. The van der Waals surface area contributed by atoms with E-state index in [0.29, 0.717) is 10.7 Å². The van der Waals surface area contributed by atoms with Gasteiger partial charge in [0.25, 0.3) is 0 Å². The molecule has 2 rings (SSSR count). The first kappa shape index (κ1) is 15.7. The minimum atomic E-state index is -0.341. The largest absolute Gasteiger partial charge is 0.325 e. The SMILES string of the molecule is Cc1cc(C)nc(N(C#N)CC(=O)Nc2ccc(Cl)cc2)n1. The summed E-state index contributed by atoms with van der Waals surface area (Å²) < 4.78 is 0. The van der Waals surface area contributed by atoms with Crippen molar-refractivity contribution in [1.82, 2.24) is 9.97 Å². The molecule has 0 fully saturated rings. The molecular formula is C15H14ClN5O. The summed E-state index contributed by atoms with van der Waals surface area (Å²) in [7, 11) is 0. The molecule has 1 aromatic heterocycles. The average Bonchev–Trinajstić information content (AvgIpc) is 2.46. The van der Waals surface area contributed by atoms with Gasteiger partial charge in [0, 0.05) is 22.1 Å². The number of hydrogen-bond donors (Lipinski definition) is 1.